The normalized spacial score (nSPS) is 10.2. The number of carbonyl (C=O) groups is 2. The smallest absolute Gasteiger partial charge is 0.335 e. The van der Waals surface area contributed by atoms with Crippen molar-refractivity contribution < 1.29 is 24.5 Å². The molecule has 116 valence electrons. The lowest BCUT2D eigenvalue weighted by molar-refractivity contribution is 0.0696. The summed E-state index contributed by atoms with van der Waals surface area (Å²) < 4.78 is 4.89. The van der Waals surface area contributed by atoms with Crippen LogP contribution in [0.15, 0.2) is 18.3 Å². The number of nitrogens with zero attached hydrogens (tertiary/aromatic N) is 2. The van der Waals surface area contributed by atoms with Gasteiger partial charge < -0.3 is 25.2 Å². The summed E-state index contributed by atoms with van der Waals surface area (Å²) in [7, 11) is 1.52. The highest BCUT2D eigenvalue weighted by Crippen LogP contribution is 2.02. The Morgan fingerprint density at radius 2 is 2.19 bits per heavy atom. The number of rotatable bonds is 8. The van der Waals surface area contributed by atoms with Crippen LogP contribution in [0, 0.1) is 0 Å². The molecule has 0 bridgehead atoms. The largest absolute Gasteiger partial charge is 0.478 e. The van der Waals surface area contributed by atoms with Crippen molar-refractivity contribution in [2.24, 2.45) is 0 Å². The molecule has 1 rings (SSSR count). The summed E-state index contributed by atoms with van der Waals surface area (Å²) in [6, 6.07) is 2.40. The topological polar surface area (TPSA) is 112 Å². The maximum Gasteiger partial charge on any atom is 0.335 e. The van der Waals surface area contributed by atoms with Gasteiger partial charge in [-0.05, 0) is 12.1 Å². The fourth-order valence-electron chi connectivity index (χ4n) is 1.62. The first kappa shape index (κ1) is 16.9. The van der Waals surface area contributed by atoms with Gasteiger partial charge in [0.15, 0.2) is 0 Å². The molecule has 8 nitrogen and oxygen atoms in total. The van der Waals surface area contributed by atoms with Crippen LogP contribution in [0.5, 0.6) is 0 Å². The van der Waals surface area contributed by atoms with Crippen LogP contribution >= 0.6 is 0 Å². The third kappa shape index (κ3) is 5.76. The average Bonchev–Trinajstić information content (AvgIpc) is 2.49. The summed E-state index contributed by atoms with van der Waals surface area (Å²) >= 11 is 0. The lowest BCUT2D eigenvalue weighted by Gasteiger charge is -2.21. The molecular weight excluding hydrogens is 278 g/mol. The summed E-state index contributed by atoms with van der Waals surface area (Å²) in [5, 5.41) is 20.4. The van der Waals surface area contributed by atoms with Crippen LogP contribution in [0.25, 0.3) is 0 Å². The second-order valence-electron chi connectivity index (χ2n) is 4.20. The second-order valence-corrected chi connectivity index (χ2v) is 4.20. The molecule has 0 aliphatic rings. The molecule has 2 amide bonds. The molecule has 0 aliphatic carbocycles. The van der Waals surface area contributed by atoms with E-state index in [-0.39, 0.29) is 31.3 Å². The Labute approximate surface area is 122 Å². The number of aromatic nitrogens is 1. The summed E-state index contributed by atoms with van der Waals surface area (Å²) in [5.74, 6) is -1.05. The van der Waals surface area contributed by atoms with Crippen molar-refractivity contribution >= 4 is 12.0 Å². The number of pyridine rings is 1. The lowest BCUT2D eigenvalue weighted by Crippen LogP contribution is -2.42. The molecule has 21 heavy (non-hydrogen) atoms. The minimum absolute atomic E-state index is 0.106. The molecule has 0 saturated heterocycles. The summed E-state index contributed by atoms with van der Waals surface area (Å²) in [5.41, 5.74) is 0.555. The highest BCUT2D eigenvalue weighted by atomic mass is 16.5. The van der Waals surface area contributed by atoms with E-state index in [0.717, 1.165) is 0 Å². The van der Waals surface area contributed by atoms with E-state index in [1.54, 1.807) is 0 Å². The minimum atomic E-state index is -1.05. The zero-order chi connectivity index (χ0) is 15.7. The minimum Gasteiger partial charge on any atom is -0.478 e. The maximum absolute atomic E-state index is 11.9. The Bertz CT molecular complexity index is 481. The zero-order valence-electron chi connectivity index (χ0n) is 11.8. The summed E-state index contributed by atoms with van der Waals surface area (Å²) in [4.78, 5) is 28.2. The first-order chi connectivity index (χ1) is 10.1. The Morgan fingerprint density at radius 1 is 1.43 bits per heavy atom. The number of aliphatic hydroxyl groups excluding tert-OH is 1. The van der Waals surface area contributed by atoms with Crippen molar-refractivity contribution in [1.82, 2.24) is 15.2 Å². The van der Waals surface area contributed by atoms with E-state index in [0.29, 0.717) is 18.8 Å². The van der Waals surface area contributed by atoms with Gasteiger partial charge in [-0.15, -0.1) is 0 Å². The van der Waals surface area contributed by atoms with Gasteiger partial charge in [0, 0.05) is 26.4 Å². The van der Waals surface area contributed by atoms with Gasteiger partial charge in [0.1, 0.15) is 0 Å². The summed E-state index contributed by atoms with van der Waals surface area (Å²) in [6.45, 7) is 0.863. The number of carboxylic acid groups (broad SMARTS) is 1. The zero-order valence-corrected chi connectivity index (χ0v) is 11.8. The molecule has 0 saturated carbocycles. The number of carbonyl (C=O) groups excluding carboxylic acids is 1. The number of aliphatic hydroxyl groups is 1. The first-order valence-electron chi connectivity index (χ1n) is 6.39. The molecule has 0 unspecified atom stereocenters. The van der Waals surface area contributed by atoms with E-state index in [9.17, 15) is 9.59 Å². The van der Waals surface area contributed by atoms with Crippen molar-refractivity contribution in [3.8, 4) is 0 Å². The SMILES string of the molecule is COCCN(CCO)C(=O)NCc1cc(C(=O)O)ccn1. The van der Waals surface area contributed by atoms with Crippen LogP contribution in [0.1, 0.15) is 16.1 Å². The number of hydrogen-bond acceptors (Lipinski definition) is 5. The Morgan fingerprint density at radius 3 is 2.81 bits per heavy atom. The molecule has 0 atom stereocenters. The highest BCUT2D eigenvalue weighted by molar-refractivity contribution is 5.87. The van der Waals surface area contributed by atoms with Gasteiger partial charge in [0.25, 0.3) is 0 Å². The molecule has 0 spiro atoms. The monoisotopic (exact) mass is 297 g/mol. The second kappa shape index (κ2) is 8.88. The molecule has 0 aromatic carbocycles. The van der Waals surface area contributed by atoms with Crippen molar-refractivity contribution in [3.05, 3.63) is 29.6 Å². The van der Waals surface area contributed by atoms with Crippen LogP contribution in [-0.4, -0.2) is 65.5 Å². The third-order valence-electron chi connectivity index (χ3n) is 2.71. The molecule has 0 fully saturated rings. The number of hydrogen-bond donors (Lipinski definition) is 3. The van der Waals surface area contributed by atoms with E-state index >= 15 is 0 Å². The van der Waals surface area contributed by atoms with E-state index in [2.05, 4.69) is 10.3 Å². The molecule has 1 aromatic heterocycles. The fourth-order valence-corrected chi connectivity index (χ4v) is 1.62. The van der Waals surface area contributed by atoms with Gasteiger partial charge >= 0.3 is 12.0 Å². The standard InChI is InChI=1S/C13H19N3O5/c1-21-7-5-16(4-6-17)13(20)15-9-11-8-10(12(18)19)2-3-14-11/h2-3,8,17H,4-7,9H2,1H3,(H,15,20)(H,18,19). The fraction of sp³-hybridized carbons (Fsp3) is 0.462. The van der Waals surface area contributed by atoms with Crippen LogP contribution in [-0.2, 0) is 11.3 Å². The predicted octanol–water partition coefficient (Wildman–Crippen LogP) is -0.0699. The summed E-state index contributed by atoms with van der Waals surface area (Å²) in [6.07, 6.45) is 1.38. The van der Waals surface area contributed by atoms with Crippen LogP contribution in [0.4, 0.5) is 4.79 Å². The maximum atomic E-state index is 11.9. The van der Waals surface area contributed by atoms with Crippen LogP contribution in [0.2, 0.25) is 0 Å². The molecular formula is C13H19N3O5. The van der Waals surface area contributed by atoms with Crippen LogP contribution in [0.3, 0.4) is 0 Å². The number of amides is 2. The van der Waals surface area contributed by atoms with E-state index in [1.165, 1.54) is 30.3 Å². The molecule has 0 radical (unpaired) electrons. The number of methoxy groups -OCH3 is 1. The Hall–Kier alpha value is -2.19. The van der Waals surface area contributed by atoms with Gasteiger partial charge in [-0.25, -0.2) is 9.59 Å². The Kier molecular flexibility index (Phi) is 7.13. The van der Waals surface area contributed by atoms with Gasteiger partial charge in [-0.3, -0.25) is 4.98 Å². The van der Waals surface area contributed by atoms with E-state index in [1.807, 2.05) is 0 Å². The van der Waals surface area contributed by atoms with Crippen molar-refractivity contribution in [2.45, 2.75) is 6.54 Å². The van der Waals surface area contributed by atoms with E-state index in [4.69, 9.17) is 14.9 Å². The highest BCUT2D eigenvalue weighted by Gasteiger charge is 2.12. The number of aromatic carboxylic acids is 1. The molecule has 8 heteroatoms. The molecule has 3 N–H and O–H groups in total. The lowest BCUT2D eigenvalue weighted by atomic mass is 10.2. The van der Waals surface area contributed by atoms with E-state index < -0.39 is 5.97 Å². The third-order valence-corrected chi connectivity index (χ3v) is 2.71. The number of ether oxygens (including phenoxy) is 1. The number of carboxylic acids is 1. The van der Waals surface area contributed by atoms with Crippen molar-refractivity contribution in [2.75, 3.05) is 33.4 Å². The quantitative estimate of drug-likeness (QED) is 0.619. The molecule has 1 aromatic rings. The Balaban J connectivity index is 2.57. The van der Waals surface area contributed by atoms with Gasteiger partial charge in [-0.2, -0.15) is 0 Å². The van der Waals surface area contributed by atoms with Gasteiger partial charge in [0.05, 0.1) is 31.0 Å². The predicted molar refractivity (Wildman–Crippen MR) is 74.0 cm³/mol. The van der Waals surface area contributed by atoms with Crippen molar-refractivity contribution in [3.63, 3.8) is 0 Å². The van der Waals surface area contributed by atoms with Crippen molar-refractivity contribution in [1.29, 1.82) is 0 Å². The number of urea groups is 1. The molecule has 1 heterocycles. The average molecular weight is 297 g/mol. The molecule has 0 aliphatic heterocycles. The van der Waals surface area contributed by atoms with Crippen LogP contribution < -0.4 is 5.32 Å². The number of nitrogens with one attached hydrogen (secondary N) is 1. The first-order valence-corrected chi connectivity index (χ1v) is 6.39. The van der Waals surface area contributed by atoms with Gasteiger partial charge in [0.2, 0.25) is 0 Å². The van der Waals surface area contributed by atoms with Gasteiger partial charge in [-0.1, -0.05) is 0 Å².